The molecule has 19 heavy (non-hydrogen) atoms. The summed E-state index contributed by atoms with van der Waals surface area (Å²) in [5.74, 6) is 0.289. The lowest BCUT2D eigenvalue weighted by molar-refractivity contribution is -0.122. The molecule has 0 radical (unpaired) electrons. The van der Waals surface area contributed by atoms with Crippen LogP contribution in [-0.2, 0) is 9.59 Å². The van der Waals surface area contributed by atoms with E-state index in [0.717, 1.165) is 32.1 Å². The van der Waals surface area contributed by atoms with Gasteiger partial charge in [-0.2, -0.15) is 0 Å². The first kappa shape index (κ1) is 17.9. The Morgan fingerprint density at radius 2 is 1.00 bits per heavy atom. The number of unbranched alkanes of at least 4 members (excludes halogenated alkanes) is 4. The zero-order valence-electron chi connectivity index (χ0n) is 12.9. The van der Waals surface area contributed by atoms with E-state index in [1.807, 2.05) is 27.7 Å². The highest BCUT2D eigenvalue weighted by atomic mass is 16.2. The van der Waals surface area contributed by atoms with E-state index in [9.17, 15) is 9.59 Å². The summed E-state index contributed by atoms with van der Waals surface area (Å²) in [6, 6.07) is 0.457. The topological polar surface area (TPSA) is 58.2 Å². The average Bonchev–Trinajstić information content (AvgIpc) is 2.25. The van der Waals surface area contributed by atoms with Crippen LogP contribution in [0.4, 0.5) is 0 Å². The maximum atomic E-state index is 11.4. The number of carbonyl (C=O) groups is 2. The highest BCUT2D eigenvalue weighted by Crippen LogP contribution is 2.07. The van der Waals surface area contributed by atoms with Crippen LogP contribution in [0, 0.1) is 0 Å². The van der Waals surface area contributed by atoms with Gasteiger partial charge in [-0.05, 0) is 40.5 Å². The Hall–Kier alpha value is -1.06. The molecule has 0 aliphatic heterocycles. The van der Waals surface area contributed by atoms with Gasteiger partial charge in [0, 0.05) is 24.9 Å². The molecule has 0 aliphatic rings. The maximum Gasteiger partial charge on any atom is 0.220 e. The largest absolute Gasteiger partial charge is 0.354 e. The van der Waals surface area contributed by atoms with E-state index in [2.05, 4.69) is 10.6 Å². The van der Waals surface area contributed by atoms with E-state index in [1.54, 1.807) is 0 Å². The van der Waals surface area contributed by atoms with E-state index in [4.69, 9.17) is 0 Å². The lowest BCUT2D eigenvalue weighted by atomic mass is 10.1. The molecule has 0 fully saturated rings. The van der Waals surface area contributed by atoms with Crippen molar-refractivity contribution in [2.24, 2.45) is 0 Å². The summed E-state index contributed by atoms with van der Waals surface area (Å²) >= 11 is 0. The van der Waals surface area contributed by atoms with E-state index < -0.39 is 0 Å². The molecule has 112 valence electrons. The molecular formula is C15H30N2O2. The van der Waals surface area contributed by atoms with Crippen LogP contribution in [0.2, 0.25) is 0 Å². The second kappa shape index (κ2) is 10.8. The first-order valence-corrected chi connectivity index (χ1v) is 7.50. The number of hydrogen-bond donors (Lipinski definition) is 2. The minimum Gasteiger partial charge on any atom is -0.354 e. The molecule has 0 aliphatic carbocycles. The average molecular weight is 270 g/mol. The molecular weight excluding hydrogens is 240 g/mol. The molecule has 4 heteroatoms. The van der Waals surface area contributed by atoms with Crippen LogP contribution in [0.5, 0.6) is 0 Å². The van der Waals surface area contributed by atoms with Gasteiger partial charge in [0.2, 0.25) is 11.8 Å². The Bertz CT molecular complexity index is 237. The summed E-state index contributed by atoms with van der Waals surface area (Å²) in [4.78, 5) is 22.7. The van der Waals surface area contributed by atoms with Crippen LogP contribution < -0.4 is 10.6 Å². The minimum absolute atomic E-state index is 0.145. The summed E-state index contributed by atoms with van der Waals surface area (Å²) in [6.07, 6.45) is 6.35. The van der Waals surface area contributed by atoms with Crippen molar-refractivity contribution < 1.29 is 9.59 Å². The van der Waals surface area contributed by atoms with Crippen LogP contribution in [0.15, 0.2) is 0 Å². The van der Waals surface area contributed by atoms with Gasteiger partial charge in [-0.15, -0.1) is 0 Å². The molecule has 0 atom stereocenters. The molecule has 0 saturated heterocycles. The monoisotopic (exact) mass is 270 g/mol. The Morgan fingerprint density at radius 1 is 0.684 bits per heavy atom. The van der Waals surface area contributed by atoms with Crippen molar-refractivity contribution in [1.29, 1.82) is 0 Å². The fourth-order valence-corrected chi connectivity index (χ4v) is 1.89. The molecule has 2 N–H and O–H groups in total. The van der Waals surface area contributed by atoms with Gasteiger partial charge in [0.05, 0.1) is 0 Å². The molecule has 0 spiro atoms. The van der Waals surface area contributed by atoms with E-state index >= 15 is 0 Å². The van der Waals surface area contributed by atoms with Crippen molar-refractivity contribution in [1.82, 2.24) is 10.6 Å². The molecule has 0 saturated carbocycles. The van der Waals surface area contributed by atoms with Gasteiger partial charge in [-0.3, -0.25) is 9.59 Å². The van der Waals surface area contributed by atoms with Crippen LogP contribution in [0.3, 0.4) is 0 Å². The summed E-state index contributed by atoms with van der Waals surface area (Å²) < 4.78 is 0. The molecule has 0 heterocycles. The van der Waals surface area contributed by atoms with Gasteiger partial charge < -0.3 is 10.6 Å². The van der Waals surface area contributed by atoms with Crippen molar-refractivity contribution in [3.63, 3.8) is 0 Å². The minimum atomic E-state index is 0.145. The normalized spacial score (nSPS) is 10.8. The highest BCUT2D eigenvalue weighted by molar-refractivity contribution is 5.76. The summed E-state index contributed by atoms with van der Waals surface area (Å²) in [7, 11) is 0. The van der Waals surface area contributed by atoms with Crippen LogP contribution in [0.1, 0.15) is 72.6 Å². The first-order valence-electron chi connectivity index (χ1n) is 7.50. The summed E-state index contributed by atoms with van der Waals surface area (Å²) in [5.41, 5.74) is 0. The molecule has 0 bridgehead atoms. The number of amides is 2. The van der Waals surface area contributed by atoms with Gasteiger partial charge >= 0.3 is 0 Å². The quantitative estimate of drug-likeness (QED) is 0.600. The Kier molecular flexibility index (Phi) is 10.2. The number of rotatable bonds is 10. The van der Waals surface area contributed by atoms with Crippen molar-refractivity contribution in [2.45, 2.75) is 84.7 Å². The Labute approximate surface area is 117 Å². The van der Waals surface area contributed by atoms with Gasteiger partial charge in [-0.25, -0.2) is 0 Å². The third-order valence-corrected chi connectivity index (χ3v) is 2.71. The summed E-state index contributed by atoms with van der Waals surface area (Å²) in [6.45, 7) is 7.89. The molecule has 0 unspecified atom stereocenters. The van der Waals surface area contributed by atoms with Gasteiger partial charge in [0.25, 0.3) is 0 Å². The number of carbonyl (C=O) groups excluding carboxylic acids is 2. The first-order chi connectivity index (χ1) is 8.91. The molecule has 0 aromatic heterocycles. The smallest absolute Gasteiger partial charge is 0.220 e. The van der Waals surface area contributed by atoms with E-state index in [-0.39, 0.29) is 23.9 Å². The fourth-order valence-electron chi connectivity index (χ4n) is 1.89. The lowest BCUT2D eigenvalue weighted by Gasteiger charge is -2.08. The molecule has 0 aromatic rings. The molecule has 0 rings (SSSR count). The van der Waals surface area contributed by atoms with Crippen LogP contribution in [-0.4, -0.2) is 23.9 Å². The summed E-state index contributed by atoms with van der Waals surface area (Å²) in [5, 5.41) is 5.77. The maximum absolute atomic E-state index is 11.4. The Morgan fingerprint density at radius 3 is 1.32 bits per heavy atom. The predicted octanol–water partition coefficient (Wildman–Crippen LogP) is 2.77. The lowest BCUT2D eigenvalue weighted by Crippen LogP contribution is -2.29. The third kappa shape index (κ3) is 13.2. The van der Waals surface area contributed by atoms with Crippen molar-refractivity contribution in [3.05, 3.63) is 0 Å². The Balaban J connectivity index is 3.32. The standard InChI is InChI=1S/C15H30N2O2/c1-12(2)16-14(18)10-8-6-5-7-9-11-15(19)17-13(3)4/h12-13H,5-11H2,1-4H3,(H,16,18)(H,17,19). The van der Waals surface area contributed by atoms with Crippen LogP contribution in [0.25, 0.3) is 0 Å². The van der Waals surface area contributed by atoms with Crippen molar-refractivity contribution in [2.75, 3.05) is 0 Å². The highest BCUT2D eigenvalue weighted by Gasteiger charge is 2.04. The van der Waals surface area contributed by atoms with Crippen LogP contribution >= 0.6 is 0 Å². The van der Waals surface area contributed by atoms with Gasteiger partial charge in [-0.1, -0.05) is 19.3 Å². The predicted molar refractivity (Wildman–Crippen MR) is 78.9 cm³/mol. The zero-order chi connectivity index (χ0) is 14.7. The third-order valence-electron chi connectivity index (χ3n) is 2.71. The number of nitrogens with one attached hydrogen (secondary N) is 2. The van der Waals surface area contributed by atoms with E-state index in [0.29, 0.717) is 12.8 Å². The zero-order valence-corrected chi connectivity index (χ0v) is 12.9. The second-order valence-electron chi connectivity index (χ2n) is 5.71. The molecule has 4 nitrogen and oxygen atoms in total. The SMILES string of the molecule is CC(C)NC(=O)CCCCCCCC(=O)NC(C)C. The second-order valence-corrected chi connectivity index (χ2v) is 5.71. The van der Waals surface area contributed by atoms with E-state index in [1.165, 1.54) is 0 Å². The molecule has 2 amide bonds. The van der Waals surface area contributed by atoms with Crippen molar-refractivity contribution >= 4 is 11.8 Å². The fraction of sp³-hybridized carbons (Fsp3) is 0.867. The van der Waals surface area contributed by atoms with Crippen molar-refractivity contribution in [3.8, 4) is 0 Å². The molecule has 0 aromatic carbocycles. The van der Waals surface area contributed by atoms with Gasteiger partial charge in [0.1, 0.15) is 0 Å². The van der Waals surface area contributed by atoms with Gasteiger partial charge in [0.15, 0.2) is 0 Å². The number of hydrogen-bond acceptors (Lipinski definition) is 2.